The number of halogens is 1. The van der Waals surface area contributed by atoms with E-state index in [2.05, 4.69) is 15.8 Å². The van der Waals surface area contributed by atoms with E-state index in [1.807, 2.05) is 31.2 Å². The van der Waals surface area contributed by atoms with Crippen LogP contribution >= 0.6 is 23.8 Å². The lowest BCUT2D eigenvalue weighted by Crippen LogP contribution is -2.31. The Labute approximate surface area is 99.5 Å². The molecule has 1 rings (SSSR count). The van der Waals surface area contributed by atoms with Crippen molar-refractivity contribution in [2.45, 2.75) is 6.92 Å². The van der Waals surface area contributed by atoms with Crippen molar-refractivity contribution in [3.8, 4) is 0 Å². The lowest BCUT2D eigenvalue weighted by atomic mass is 10.2. The Morgan fingerprint density at radius 3 is 2.73 bits per heavy atom. The molecule has 0 heterocycles. The second-order valence-electron chi connectivity index (χ2n) is 2.78. The van der Waals surface area contributed by atoms with Crippen LogP contribution in [0.2, 0.25) is 5.02 Å². The fraction of sp³-hybridized carbons (Fsp3) is 0.200. The van der Waals surface area contributed by atoms with Crippen LogP contribution < -0.4 is 10.7 Å². The number of benzene rings is 1. The van der Waals surface area contributed by atoms with Crippen LogP contribution in [0, 0.1) is 0 Å². The zero-order valence-corrected chi connectivity index (χ0v) is 9.90. The summed E-state index contributed by atoms with van der Waals surface area (Å²) in [5.74, 6) is 0. The molecule has 0 spiro atoms. The number of thiocarbonyl (C=S) groups is 1. The summed E-state index contributed by atoms with van der Waals surface area (Å²) in [6.45, 7) is 2.75. The summed E-state index contributed by atoms with van der Waals surface area (Å²) in [6, 6.07) is 7.38. The molecule has 0 saturated carbocycles. The maximum atomic E-state index is 5.75. The van der Waals surface area contributed by atoms with Gasteiger partial charge in [0.15, 0.2) is 5.11 Å². The van der Waals surface area contributed by atoms with Gasteiger partial charge in [0.1, 0.15) is 0 Å². The minimum absolute atomic E-state index is 0.516. The number of nitrogens with zero attached hydrogens (tertiary/aromatic N) is 1. The standard InChI is InChI=1S/C10H12ClN3S/c1-2-12-10(15)14-13-7-8-3-5-9(11)6-4-8/h3-7H,2H2,1H3,(H2,12,14,15)/b13-7+. The summed E-state index contributed by atoms with van der Waals surface area (Å²) in [4.78, 5) is 0. The minimum atomic E-state index is 0.516. The van der Waals surface area contributed by atoms with Gasteiger partial charge in [-0.25, -0.2) is 0 Å². The third-order valence-electron chi connectivity index (χ3n) is 1.59. The molecule has 0 unspecified atom stereocenters. The molecule has 0 atom stereocenters. The molecular weight excluding hydrogens is 230 g/mol. The predicted molar refractivity (Wildman–Crippen MR) is 68.5 cm³/mol. The fourth-order valence-electron chi connectivity index (χ4n) is 0.914. The second kappa shape index (κ2) is 6.37. The highest BCUT2D eigenvalue weighted by atomic mass is 35.5. The molecule has 5 heteroatoms. The molecule has 0 fully saturated rings. The van der Waals surface area contributed by atoms with Crippen molar-refractivity contribution in [1.29, 1.82) is 0 Å². The van der Waals surface area contributed by atoms with E-state index in [0.717, 1.165) is 12.1 Å². The molecule has 0 radical (unpaired) electrons. The highest BCUT2D eigenvalue weighted by Crippen LogP contribution is 2.07. The molecule has 0 bridgehead atoms. The van der Waals surface area contributed by atoms with Gasteiger partial charge in [-0.05, 0) is 36.8 Å². The normalized spacial score (nSPS) is 10.3. The molecule has 2 N–H and O–H groups in total. The van der Waals surface area contributed by atoms with Crippen LogP contribution in [0.4, 0.5) is 0 Å². The van der Waals surface area contributed by atoms with Crippen molar-refractivity contribution >= 4 is 35.1 Å². The summed E-state index contributed by atoms with van der Waals surface area (Å²) >= 11 is 10.7. The molecule has 0 aliphatic carbocycles. The first-order valence-electron chi connectivity index (χ1n) is 4.55. The van der Waals surface area contributed by atoms with E-state index in [0.29, 0.717) is 10.1 Å². The first kappa shape index (κ1) is 11.9. The van der Waals surface area contributed by atoms with Crippen LogP contribution in [0.3, 0.4) is 0 Å². The summed E-state index contributed by atoms with van der Waals surface area (Å²) < 4.78 is 0. The molecule has 0 saturated heterocycles. The smallest absolute Gasteiger partial charge is 0.186 e. The Morgan fingerprint density at radius 1 is 1.47 bits per heavy atom. The van der Waals surface area contributed by atoms with Gasteiger partial charge < -0.3 is 5.32 Å². The van der Waals surface area contributed by atoms with Gasteiger partial charge in [0.2, 0.25) is 0 Å². The number of nitrogens with one attached hydrogen (secondary N) is 2. The summed E-state index contributed by atoms with van der Waals surface area (Å²) in [5.41, 5.74) is 3.67. The number of hydrazone groups is 1. The molecule has 0 amide bonds. The number of rotatable bonds is 3. The topological polar surface area (TPSA) is 36.4 Å². The molecule has 1 aromatic rings. The van der Waals surface area contributed by atoms with Crippen LogP contribution in [0.25, 0.3) is 0 Å². The van der Waals surface area contributed by atoms with E-state index in [4.69, 9.17) is 23.8 Å². The Bertz CT molecular complexity index is 348. The average Bonchev–Trinajstić information content (AvgIpc) is 2.21. The highest BCUT2D eigenvalue weighted by Gasteiger charge is 1.89. The van der Waals surface area contributed by atoms with Crippen molar-refractivity contribution in [3.63, 3.8) is 0 Å². The van der Waals surface area contributed by atoms with Crippen LogP contribution in [0.1, 0.15) is 12.5 Å². The van der Waals surface area contributed by atoms with Gasteiger partial charge in [0.05, 0.1) is 6.21 Å². The van der Waals surface area contributed by atoms with E-state index >= 15 is 0 Å². The minimum Gasteiger partial charge on any atom is -0.362 e. The Kier molecular flexibility index (Phi) is 5.07. The Morgan fingerprint density at radius 2 is 2.13 bits per heavy atom. The number of hydrogen-bond acceptors (Lipinski definition) is 2. The third kappa shape index (κ3) is 4.76. The van der Waals surface area contributed by atoms with Crippen LogP contribution in [0.15, 0.2) is 29.4 Å². The van der Waals surface area contributed by atoms with Crippen LogP contribution in [-0.4, -0.2) is 17.9 Å². The SMILES string of the molecule is CCNC(=S)N/N=C/c1ccc(Cl)cc1. The lowest BCUT2D eigenvalue weighted by Gasteiger charge is -2.02. The van der Waals surface area contributed by atoms with E-state index in [1.165, 1.54) is 0 Å². The summed E-state index contributed by atoms with van der Waals surface area (Å²) in [7, 11) is 0. The largest absolute Gasteiger partial charge is 0.362 e. The van der Waals surface area contributed by atoms with Gasteiger partial charge in [0, 0.05) is 11.6 Å². The van der Waals surface area contributed by atoms with Gasteiger partial charge in [-0.3, -0.25) is 5.43 Å². The second-order valence-corrected chi connectivity index (χ2v) is 3.63. The average molecular weight is 242 g/mol. The Balaban J connectivity index is 2.44. The van der Waals surface area contributed by atoms with Gasteiger partial charge in [-0.2, -0.15) is 5.10 Å². The molecule has 1 aromatic carbocycles. The third-order valence-corrected chi connectivity index (χ3v) is 2.07. The lowest BCUT2D eigenvalue weighted by molar-refractivity contribution is 0.904. The Hall–Kier alpha value is -1.13. The highest BCUT2D eigenvalue weighted by molar-refractivity contribution is 7.80. The molecule has 0 aromatic heterocycles. The van der Waals surface area contributed by atoms with Crippen molar-refractivity contribution in [2.75, 3.05) is 6.54 Å². The maximum Gasteiger partial charge on any atom is 0.186 e. The molecule has 3 nitrogen and oxygen atoms in total. The first-order chi connectivity index (χ1) is 7.22. The predicted octanol–water partition coefficient (Wildman–Crippen LogP) is 2.16. The van der Waals surface area contributed by atoms with Gasteiger partial charge in [0.25, 0.3) is 0 Å². The molecular formula is C10H12ClN3S. The van der Waals surface area contributed by atoms with Gasteiger partial charge in [-0.15, -0.1) is 0 Å². The van der Waals surface area contributed by atoms with Crippen molar-refractivity contribution in [3.05, 3.63) is 34.9 Å². The molecule has 0 aliphatic rings. The zero-order valence-electron chi connectivity index (χ0n) is 8.33. The van der Waals surface area contributed by atoms with Gasteiger partial charge in [-0.1, -0.05) is 23.7 Å². The van der Waals surface area contributed by atoms with Crippen molar-refractivity contribution in [1.82, 2.24) is 10.7 Å². The summed E-state index contributed by atoms with van der Waals surface area (Å²) in [5, 5.41) is 8.12. The van der Waals surface area contributed by atoms with E-state index < -0.39 is 0 Å². The molecule has 15 heavy (non-hydrogen) atoms. The van der Waals surface area contributed by atoms with E-state index in [1.54, 1.807) is 6.21 Å². The van der Waals surface area contributed by atoms with E-state index in [9.17, 15) is 0 Å². The summed E-state index contributed by atoms with van der Waals surface area (Å²) in [6.07, 6.45) is 1.68. The quantitative estimate of drug-likeness (QED) is 0.484. The maximum absolute atomic E-state index is 5.75. The van der Waals surface area contributed by atoms with Crippen LogP contribution in [0.5, 0.6) is 0 Å². The van der Waals surface area contributed by atoms with Crippen LogP contribution in [-0.2, 0) is 0 Å². The zero-order chi connectivity index (χ0) is 11.1. The molecule has 80 valence electrons. The number of hydrogen-bond donors (Lipinski definition) is 2. The molecule has 0 aliphatic heterocycles. The van der Waals surface area contributed by atoms with E-state index in [-0.39, 0.29) is 0 Å². The monoisotopic (exact) mass is 241 g/mol. The van der Waals surface area contributed by atoms with Gasteiger partial charge >= 0.3 is 0 Å². The van der Waals surface area contributed by atoms with Crippen molar-refractivity contribution in [2.24, 2.45) is 5.10 Å². The first-order valence-corrected chi connectivity index (χ1v) is 5.33. The fourth-order valence-corrected chi connectivity index (χ4v) is 1.24. The van der Waals surface area contributed by atoms with Crippen molar-refractivity contribution < 1.29 is 0 Å².